The highest BCUT2D eigenvalue weighted by molar-refractivity contribution is 5.87. The maximum absolute atomic E-state index is 10.2. The van der Waals surface area contributed by atoms with Crippen molar-refractivity contribution in [1.29, 1.82) is 0 Å². The van der Waals surface area contributed by atoms with Crippen molar-refractivity contribution >= 4 is 18.4 Å². The third kappa shape index (κ3) is 2.11. The lowest BCUT2D eigenvalue weighted by atomic mass is 10.2. The number of rotatable bonds is 1. The van der Waals surface area contributed by atoms with Gasteiger partial charge in [-0.25, -0.2) is 4.79 Å². The zero-order valence-electron chi connectivity index (χ0n) is 5.20. The molecule has 0 aromatic rings. The first-order chi connectivity index (χ1) is 4.30. The number of halogens is 1. The Morgan fingerprint density at radius 3 is 2.70 bits per heavy atom. The Bertz CT molecular complexity index is 186. The van der Waals surface area contributed by atoms with Gasteiger partial charge in [0, 0.05) is 6.54 Å². The van der Waals surface area contributed by atoms with Crippen LogP contribution in [0.4, 0.5) is 0 Å². The Balaban J connectivity index is 0.000000810. The van der Waals surface area contributed by atoms with Gasteiger partial charge in [-0.05, 0) is 18.4 Å². The summed E-state index contributed by atoms with van der Waals surface area (Å²) in [5, 5.41) is 11.2. The Kier molecular flexibility index (Phi) is 3.57. The zero-order valence-corrected chi connectivity index (χ0v) is 6.02. The van der Waals surface area contributed by atoms with Crippen LogP contribution in [-0.2, 0) is 4.79 Å². The topological polar surface area (TPSA) is 49.3 Å². The second-order valence-corrected chi connectivity index (χ2v) is 1.74. The van der Waals surface area contributed by atoms with Crippen molar-refractivity contribution < 1.29 is 9.90 Å². The molecule has 2 N–H and O–H groups in total. The normalized spacial score (nSPS) is 14.6. The molecule has 1 heterocycles. The molecule has 0 spiro atoms. The Hall–Kier alpha value is -0.960. The van der Waals surface area contributed by atoms with E-state index in [4.69, 9.17) is 5.11 Å². The molecule has 0 unspecified atom stereocenters. The molecule has 0 radical (unpaired) electrons. The van der Waals surface area contributed by atoms with E-state index in [1.54, 1.807) is 18.4 Å². The summed E-state index contributed by atoms with van der Waals surface area (Å²) in [6, 6.07) is 0. The van der Waals surface area contributed by atoms with Gasteiger partial charge >= 0.3 is 5.97 Å². The lowest BCUT2D eigenvalue weighted by Crippen LogP contribution is -2.17. The number of hydrogen-bond donors (Lipinski definition) is 2. The molecule has 56 valence electrons. The molecule has 1 rings (SSSR count). The van der Waals surface area contributed by atoms with E-state index in [9.17, 15) is 4.79 Å². The van der Waals surface area contributed by atoms with Crippen molar-refractivity contribution in [3.63, 3.8) is 0 Å². The zero-order chi connectivity index (χ0) is 6.69. The number of carboxylic acids is 1. The third-order valence-electron chi connectivity index (χ3n) is 1.08. The van der Waals surface area contributed by atoms with E-state index in [1.165, 1.54) is 0 Å². The average molecular weight is 162 g/mol. The van der Waals surface area contributed by atoms with Crippen LogP contribution >= 0.6 is 12.4 Å². The molecular formula is C6H8ClNO2. The summed E-state index contributed by atoms with van der Waals surface area (Å²) in [4.78, 5) is 10.2. The molecule has 10 heavy (non-hydrogen) atoms. The standard InChI is InChI=1S/C6H7NO2.ClH/c8-6(9)5-2-1-3-7-4-5;/h1-3,7H,4H2,(H,8,9);1H. The van der Waals surface area contributed by atoms with Gasteiger partial charge in [0.2, 0.25) is 0 Å². The summed E-state index contributed by atoms with van der Waals surface area (Å²) in [6.45, 7) is 0.422. The van der Waals surface area contributed by atoms with E-state index < -0.39 is 5.97 Å². The fraction of sp³-hybridized carbons (Fsp3) is 0.167. The van der Waals surface area contributed by atoms with Gasteiger partial charge in [0.1, 0.15) is 0 Å². The molecule has 0 aromatic heterocycles. The summed E-state index contributed by atoms with van der Waals surface area (Å²) in [5.41, 5.74) is 0.400. The fourth-order valence-electron chi connectivity index (χ4n) is 0.607. The van der Waals surface area contributed by atoms with Crippen LogP contribution in [0.15, 0.2) is 23.9 Å². The van der Waals surface area contributed by atoms with Gasteiger partial charge in [0.15, 0.2) is 0 Å². The molecule has 0 amide bonds. The molecule has 0 aliphatic carbocycles. The highest BCUT2D eigenvalue weighted by atomic mass is 35.5. The summed E-state index contributed by atoms with van der Waals surface area (Å²) in [5.74, 6) is -0.855. The van der Waals surface area contributed by atoms with Crippen LogP contribution in [0.1, 0.15) is 0 Å². The van der Waals surface area contributed by atoms with Crippen molar-refractivity contribution in [3.8, 4) is 0 Å². The number of aliphatic carboxylic acids is 1. The number of nitrogens with one attached hydrogen (secondary N) is 1. The third-order valence-corrected chi connectivity index (χ3v) is 1.08. The molecule has 0 saturated heterocycles. The van der Waals surface area contributed by atoms with Gasteiger partial charge in [-0.3, -0.25) is 0 Å². The van der Waals surface area contributed by atoms with Crippen LogP contribution in [0, 0.1) is 0 Å². The second-order valence-electron chi connectivity index (χ2n) is 1.74. The molecule has 4 heteroatoms. The van der Waals surface area contributed by atoms with E-state index in [0.29, 0.717) is 12.1 Å². The van der Waals surface area contributed by atoms with Crippen LogP contribution in [0.2, 0.25) is 0 Å². The largest absolute Gasteiger partial charge is 0.478 e. The molecule has 0 saturated carbocycles. The maximum atomic E-state index is 10.2. The molecule has 0 bridgehead atoms. The molecule has 0 atom stereocenters. The minimum atomic E-state index is -0.855. The molecular weight excluding hydrogens is 154 g/mol. The smallest absolute Gasteiger partial charge is 0.333 e. The first kappa shape index (κ1) is 9.04. The van der Waals surface area contributed by atoms with Gasteiger partial charge in [-0.15, -0.1) is 12.4 Å². The molecule has 0 aromatic carbocycles. The minimum Gasteiger partial charge on any atom is -0.478 e. The fourth-order valence-corrected chi connectivity index (χ4v) is 0.607. The summed E-state index contributed by atoms with van der Waals surface area (Å²) in [6.07, 6.45) is 4.97. The van der Waals surface area contributed by atoms with Gasteiger partial charge in [0.25, 0.3) is 0 Å². The average Bonchev–Trinajstić information content (AvgIpc) is 1.90. The molecule has 3 nitrogen and oxygen atoms in total. The summed E-state index contributed by atoms with van der Waals surface area (Å²) in [7, 11) is 0. The van der Waals surface area contributed by atoms with E-state index in [0.717, 1.165) is 0 Å². The van der Waals surface area contributed by atoms with Crippen molar-refractivity contribution in [1.82, 2.24) is 5.32 Å². The molecule has 1 aliphatic heterocycles. The van der Waals surface area contributed by atoms with E-state index >= 15 is 0 Å². The molecule has 1 aliphatic rings. The van der Waals surface area contributed by atoms with E-state index in [-0.39, 0.29) is 12.4 Å². The lowest BCUT2D eigenvalue weighted by molar-refractivity contribution is -0.132. The van der Waals surface area contributed by atoms with Crippen LogP contribution in [-0.4, -0.2) is 17.6 Å². The summed E-state index contributed by atoms with van der Waals surface area (Å²) < 4.78 is 0. The predicted molar refractivity (Wildman–Crippen MR) is 40.1 cm³/mol. The van der Waals surface area contributed by atoms with Crippen LogP contribution < -0.4 is 5.32 Å². The number of hydrogen-bond acceptors (Lipinski definition) is 2. The van der Waals surface area contributed by atoms with Crippen molar-refractivity contribution in [2.45, 2.75) is 0 Å². The van der Waals surface area contributed by atoms with E-state index in [2.05, 4.69) is 5.32 Å². The number of dihydropyridines is 1. The Labute approximate surface area is 64.8 Å². The quantitative estimate of drug-likeness (QED) is 0.590. The predicted octanol–water partition coefficient (Wildman–Crippen LogP) is 0.536. The van der Waals surface area contributed by atoms with Crippen molar-refractivity contribution in [3.05, 3.63) is 23.9 Å². The maximum Gasteiger partial charge on any atom is 0.333 e. The van der Waals surface area contributed by atoms with Gasteiger partial charge in [-0.2, -0.15) is 0 Å². The van der Waals surface area contributed by atoms with Crippen molar-refractivity contribution in [2.24, 2.45) is 0 Å². The summed E-state index contributed by atoms with van der Waals surface area (Å²) >= 11 is 0. The Morgan fingerprint density at radius 2 is 2.40 bits per heavy atom. The lowest BCUT2D eigenvalue weighted by Gasteiger charge is -2.04. The minimum absolute atomic E-state index is 0. The monoisotopic (exact) mass is 161 g/mol. The van der Waals surface area contributed by atoms with E-state index in [1.807, 2.05) is 0 Å². The SMILES string of the molecule is Cl.O=C(O)C1=CC=CNC1. The van der Waals surface area contributed by atoms with Gasteiger partial charge in [0.05, 0.1) is 5.57 Å². The highest BCUT2D eigenvalue weighted by Gasteiger charge is 2.05. The van der Waals surface area contributed by atoms with Crippen LogP contribution in [0.5, 0.6) is 0 Å². The van der Waals surface area contributed by atoms with Crippen molar-refractivity contribution in [2.75, 3.05) is 6.54 Å². The first-order valence-corrected chi connectivity index (χ1v) is 2.63. The second kappa shape index (κ2) is 3.95. The Morgan fingerprint density at radius 1 is 1.70 bits per heavy atom. The van der Waals surface area contributed by atoms with Crippen LogP contribution in [0.25, 0.3) is 0 Å². The first-order valence-electron chi connectivity index (χ1n) is 2.63. The number of allylic oxidation sites excluding steroid dienone is 2. The highest BCUT2D eigenvalue weighted by Crippen LogP contribution is 1.96. The van der Waals surface area contributed by atoms with Gasteiger partial charge < -0.3 is 10.4 Å². The number of carboxylic acid groups (broad SMARTS) is 1. The molecule has 0 fully saturated rings. The van der Waals surface area contributed by atoms with Gasteiger partial charge in [-0.1, -0.05) is 0 Å². The van der Waals surface area contributed by atoms with Crippen LogP contribution in [0.3, 0.4) is 0 Å². The number of carbonyl (C=O) groups is 1.